The fraction of sp³-hybridized carbons (Fsp3) is 0.263. The average Bonchev–Trinajstić information content (AvgIpc) is 2.66. The number of ether oxygens (including phenoxy) is 1. The summed E-state index contributed by atoms with van der Waals surface area (Å²) in [5.41, 5.74) is 1.38. The molecule has 0 atom stereocenters. The highest BCUT2D eigenvalue weighted by atomic mass is 16.6. The summed E-state index contributed by atoms with van der Waals surface area (Å²) in [4.78, 5) is 27.8. The maximum Gasteiger partial charge on any atom is 0.410 e. The highest BCUT2D eigenvalue weighted by molar-refractivity contribution is 5.94. The van der Waals surface area contributed by atoms with E-state index in [4.69, 9.17) is 4.74 Å². The molecule has 3 rings (SSSR count). The molecule has 1 fully saturated rings. The van der Waals surface area contributed by atoms with E-state index in [-0.39, 0.29) is 24.4 Å². The highest BCUT2D eigenvalue weighted by Gasteiger charge is 2.25. The molecule has 6 nitrogen and oxygen atoms in total. The van der Waals surface area contributed by atoms with Crippen LogP contribution in [0.15, 0.2) is 54.6 Å². The van der Waals surface area contributed by atoms with Crippen molar-refractivity contribution >= 4 is 12.0 Å². The lowest BCUT2D eigenvalue weighted by Gasteiger charge is -2.34. The number of amides is 2. The molecule has 25 heavy (non-hydrogen) atoms. The van der Waals surface area contributed by atoms with Gasteiger partial charge < -0.3 is 19.6 Å². The molecule has 1 saturated heterocycles. The number of carbonyl (C=O) groups is 2. The predicted octanol–water partition coefficient (Wildman–Crippen LogP) is 2.49. The van der Waals surface area contributed by atoms with Gasteiger partial charge in [0.15, 0.2) is 0 Å². The van der Waals surface area contributed by atoms with Gasteiger partial charge in [-0.15, -0.1) is 0 Å². The first kappa shape index (κ1) is 16.8. The topological polar surface area (TPSA) is 70.1 Å². The van der Waals surface area contributed by atoms with Crippen molar-refractivity contribution in [1.82, 2.24) is 9.80 Å². The zero-order valence-corrected chi connectivity index (χ0v) is 13.8. The van der Waals surface area contributed by atoms with Gasteiger partial charge in [0.25, 0.3) is 5.91 Å². The van der Waals surface area contributed by atoms with E-state index >= 15 is 0 Å². The van der Waals surface area contributed by atoms with Gasteiger partial charge in [-0.1, -0.05) is 36.4 Å². The van der Waals surface area contributed by atoms with E-state index in [1.807, 2.05) is 30.3 Å². The Morgan fingerprint density at radius 3 is 2.28 bits per heavy atom. The highest BCUT2D eigenvalue weighted by Crippen LogP contribution is 2.15. The Bertz CT molecular complexity index is 740. The SMILES string of the molecule is O=C(OCc1ccccc1)N1CCN(C(=O)c2cccc(O)c2)CC1. The van der Waals surface area contributed by atoms with Gasteiger partial charge in [-0.05, 0) is 23.8 Å². The van der Waals surface area contributed by atoms with E-state index in [1.54, 1.807) is 21.9 Å². The number of piperazine rings is 1. The van der Waals surface area contributed by atoms with Crippen molar-refractivity contribution in [3.8, 4) is 5.75 Å². The van der Waals surface area contributed by atoms with E-state index in [1.165, 1.54) is 12.1 Å². The Balaban J connectivity index is 1.49. The number of nitrogens with zero attached hydrogens (tertiary/aromatic N) is 2. The molecule has 0 aliphatic carbocycles. The number of phenolic OH excluding ortho intramolecular Hbond substituents is 1. The fourth-order valence-corrected chi connectivity index (χ4v) is 2.72. The van der Waals surface area contributed by atoms with Crippen LogP contribution in [0.25, 0.3) is 0 Å². The predicted molar refractivity (Wildman–Crippen MR) is 92.2 cm³/mol. The van der Waals surface area contributed by atoms with Crippen LogP contribution in [0, 0.1) is 0 Å². The van der Waals surface area contributed by atoms with Crippen molar-refractivity contribution in [1.29, 1.82) is 0 Å². The molecule has 0 aromatic heterocycles. The van der Waals surface area contributed by atoms with Gasteiger partial charge in [-0.25, -0.2) is 4.79 Å². The third-order valence-electron chi connectivity index (χ3n) is 4.12. The summed E-state index contributed by atoms with van der Waals surface area (Å²) >= 11 is 0. The molecule has 0 saturated carbocycles. The first-order chi connectivity index (χ1) is 12.1. The molecule has 2 aromatic rings. The Labute approximate surface area is 146 Å². The summed E-state index contributed by atoms with van der Waals surface area (Å²) in [5.74, 6) is -0.0813. The van der Waals surface area contributed by atoms with Gasteiger partial charge in [-0.2, -0.15) is 0 Å². The van der Waals surface area contributed by atoms with Crippen LogP contribution in [0.3, 0.4) is 0 Å². The largest absolute Gasteiger partial charge is 0.508 e. The Morgan fingerprint density at radius 1 is 0.920 bits per heavy atom. The Hall–Kier alpha value is -3.02. The number of hydrogen-bond acceptors (Lipinski definition) is 4. The monoisotopic (exact) mass is 340 g/mol. The van der Waals surface area contributed by atoms with Crippen LogP contribution in [0.2, 0.25) is 0 Å². The maximum absolute atomic E-state index is 12.4. The third kappa shape index (κ3) is 4.29. The molecule has 0 radical (unpaired) electrons. The summed E-state index contributed by atoms with van der Waals surface area (Å²) in [5, 5.41) is 9.49. The normalized spacial score (nSPS) is 14.2. The van der Waals surface area contributed by atoms with Crippen LogP contribution in [0.1, 0.15) is 15.9 Å². The van der Waals surface area contributed by atoms with Gasteiger partial charge in [-0.3, -0.25) is 4.79 Å². The molecule has 1 heterocycles. The van der Waals surface area contributed by atoms with Gasteiger partial charge in [0.1, 0.15) is 12.4 Å². The van der Waals surface area contributed by atoms with Gasteiger partial charge >= 0.3 is 6.09 Å². The Morgan fingerprint density at radius 2 is 1.60 bits per heavy atom. The smallest absolute Gasteiger partial charge is 0.410 e. The Kier molecular flexibility index (Phi) is 5.18. The van der Waals surface area contributed by atoms with Crippen LogP contribution < -0.4 is 0 Å². The molecule has 0 unspecified atom stereocenters. The molecular formula is C19H20N2O4. The second kappa shape index (κ2) is 7.70. The number of aromatic hydroxyl groups is 1. The molecule has 0 bridgehead atoms. The summed E-state index contributed by atoms with van der Waals surface area (Å²) in [6.07, 6.45) is -0.367. The van der Waals surface area contributed by atoms with E-state index in [0.29, 0.717) is 31.7 Å². The van der Waals surface area contributed by atoms with Crippen molar-refractivity contribution < 1.29 is 19.4 Å². The molecular weight excluding hydrogens is 320 g/mol. The molecule has 6 heteroatoms. The van der Waals surface area contributed by atoms with Crippen molar-refractivity contribution in [3.63, 3.8) is 0 Å². The quantitative estimate of drug-likeness (QED) is 0.932. The first-order valence-corrected chi connectivity index (χ1v) is 8.17. The van der Waals surface area contributed by atoms with Crippen LogP contribution in [-0.4, -0.2) is 53.1 Å². The van der Waals surface area contributed by atoms with Crippen molar-refractivity contribution in [2.45, 2.75) is 6.61 Å². The van der Waals surface area contributed by atoms with Crippen molar-refractivity contribution in [2.75, 3.05) is 26.2 Å². The molecule has 2 aromatic carbocycles. The lowest BCUT2D eigenvalue weighted by molar-refractivity contribution is 0.0543. The third-order valence-corrected chi connectivity index (χ3v) is 4.12. The minimum absolute atomic E-state index is 0.0639. The van der Waals surface area contributed by atoms with Crippen molar-refractivity contribution in [3.05, 3.63) is 65.7 Å². The fourth-order valence-electron chi connectivity index (χ4n) is 2.72. The molecule has 0 spiro atoms. The first-order valence-electron chi connectivity index (χ1n) is 8.17. The van der Waals surface area contributed by atoms with Crippen LogP contribution in [0.4, 0.5) is 4.79 Å². The van der Waals surface area contributed by atoms with Crippen LogP contribution >= 0.6 is 0 Å². The van der Waals surface area contributed by atoms with Crippen LogP contribution in [0.5, 0.6) is 5.75 Å². The zero-order chi connectivity index (χ0) is 17.6. The van der Waals surface area contributed by atoms with E-state index < -0.39 is 0 Å². The molecule has 1 N–H and O–H groups in total. The lowest BCUT2D eigenvalue weighted by atomic mass is 10.1. The molecule has 130 valence electrons. The molecule has 1 aliphatic rings. The van der Waals surface area contributed by atoms with E-state index in [9.17, 15) is 14.7 Å². The van der Waals surface area contributed by atoms with Gasteiger partial charge in [0.2, 0.25) is 0 Å². The second-order valence-corrected chi connectivity index (χ2v) is 5.87. The van der Waals surface area contributed by atoms with E-state index in [0.717, 1.165) is 5.56 Å². The van der Waals surface area contributed by atoms with Crippen LogP contribution in [-0.2, 0) is 11.3 Å². The minimum atomic E-state index is -0.367. The zero-order valence-electron chi connectivity index (χ0n) is 13.8. The summed E-state index contributed by atoms with van der Waals surface area (Å²) in [7, 11) is 0. The van der Waals surface area contributed by atoms with Gasteiger partial charge in [0.05, 0.1) is 0 Å². The number of phenols is 1. The number of carbonyl (C=O) groups excluding carboxylic acids is 2. The van der Waals surface area contributed by atoms with Gasteiger partial charge in [0, 0.05) is 31.7 Å². The standard InChI is InChI=1S/C19H20N2O4/c22-17-8-4-7-16(13-17)18(23)20-9-11-21(12-10-20)19(24)25-14-15-5-2-1-3-6-15/h1-8,13,22H,9-12,14H2. The lowest BCUT2D eigenvalue weighted by Crippen LogP contribution is -2.50. The number of benzene rings is 2. The minimum Gasteiger partial charge on any atom is -0.508 e. The summed E-state index contributed by atoms with van der Waals surface area (Å²) in [6.45, 7) is 1.97. The summed E-state index contributed by atoms with van der Waals surface area (Å²) in [6, 6.07) is 15.8. The number of rotatable bonds is 3. The average molecular weight is 340 g/mol. The molecule has 2 amide bonds. The second-order valence-electron chi connectivity index (χ2n) is 5.87. The van der Waals surface area contributed by atoms with Crippen molar-refractivity contribution in [2.24, 2.45) is 0 Å². The number of hydrogen-bond donors (Lipinski definition) is 1. The molecule has 1 aliphatic heterocycles. The summed E-state index contributed by atoms with van der Waals surface area (Å²) < 4.78 is 5.31. The maximum atomic E-state index is 12.4. The van der Waals surface area contributed by atoms with E-state index in [2.05, 4.69) is 0 Å².